The summed E-state index contributed by atoms with van der Waals surface area (Å²) in [5, 5.41) is 14.9. The molecule has 0 atom stereocenters. The van der Waals surface area contributed by atoms with Crippen LogP contribution in [0.15, 0.2) is 29.1 Å². The second-order valence-electron chi connectivity index (χ2n) is 5.88. The summed E-state index contributed by atoms with van der Waals surface area (Å²) in [6, 6.07) is 8.62. The number of rotatable bonds is 8. The zero-order valence-electron chi connectivity index (χ0n) is 16.9. The molecule has 0 saturated heterocycles. The highest BCUT2D eigenvalue weighted by Crippen LogP contribution is 2.17. The summed E-state index contributed by atoms with van der Waals surface area (Å²) in [5.74, 6) is 1.55. The smallest absolute Gasteiger partial charge is 0.343 e. The van der Waals surface area contributed by atoms with Crippen LogP contribution in [0.1, 0.15) is 6.92 Å². The van der Waals surface area contributed by atoms with Crippen molar-refractivity contribution in [1.29, 1.82) is 5.26 Å². The third-order valence-electron chi connectivity index (χ3n) is 3.92. The molecule has 1 aromatic heterocycles. The standard InChI is InChI=1S/C21H20N4O5S/c1-4-9-23-19(27)16(11-22)21-25(5-2)20(28)17(31-21)12-24-14-7-6-8-15(10-14)30-13-18(26)29-3/h1,6-8,10,12,24H,5,9,13H2,2-3H3,(H,23,27). The van der Waals surface area contributed by atoms with Gasteiger partial charge < -0.3 is 20.1 Å². The summed E-state index contributed by atoms with van der Waals surface area (Å²) in [6.07, 6.45) is 6.62. The van der Waals surface area contributed by atoms with Crippen molar-refractivity contribution in [3.63, 3.8) is 0 Å². The lowest BCUT2D eigenvalue weighted by Crippen LogP contribution is -2.34. The zero-order valence-corrected chi connectivity index (χ0v) is 17.7. The van der Waals surface area contributed by atoms with Gasteiger partial charge in [-0.15, -0.1) is 17.8 Å². The molecule has 160 valence electrons. The Morgan fingerprint density at radius 1 is 1.39 bits per heavy atom. The van der Waals surface area contributed by atoms with Gasteiger partial charge in [-0.2, -0.15) is 5.26 Å². The highest BCUT2D eigenvalue weighted by Gasteiger charge is 2.14. The van der Waals surface area contributed by atoms with E-state index in [1.54, 1.807) is 31.2 Å². The first kappa shape index (κ1) is 23.3. The van der Waals surface area contributed by atoms with E-state index < -0.39 is 11.9 Å². The van der Waals surface area contributed by atoms with Gasteiger partial charge in [-0.3, -0.25) is 14.2 Å². The highest BCUT2D eigenvalue weighted by molar-refractivity contribution is 7.07. The van der Waals surface area contributed by atoms with Crippen molar-refractivity contribution in [1.82, 2.24) is 9.88 Å². The van der Waals surface area contributed by atoms with Crippen LogP contribution in [0.25, 0.3) is 11.8 Å². The Hall–Kier alpha value is -4.02. The number of benzene rings is 1. The number of anilines is 1. The Morgan fingerprint density at radius 3 is 2.81 bits per heavy atom. The number of carbonyl (C=O) groups excluding carboxylic acids is 2. The van der Waals surface area contributed by atoms with Crippen molar-refractivity contribution in [2.75, 3.05) is 25.6 Å². The minimum absolute atomic E-state index is 0.0271. The monoisotopic (exact) mass is 440 g/mol. The first-order valence-electron chi connectivity index (χ1n) is 9.07. The molecule has 0 aliphatic heterocycles. The van der Waals surface area contributed by atoms with Gasteiger partial charge in [-0.25, -0.2) is 4.79 Å². The van der Waals surface area contributed by atoms with E-state index in [0.29, 0.717) is 16.0 Å². The van der Waals surface area contributed by atoms with Crippen LogP contribution in [0.4, 0.5) is 5.69 Å². The summed E-state index contributed by atoms with van der Waals surface area (Å²) < 4.78 is 11.8. The number of nitriles is 1. The first-order chi connectivity index (χ1) is 14.9. The molecule has 0 spiro atoms. The van der Waals surface area contributed by atoms with Crippen molar-refractivity contribution in [3.05, 3.63) is 43.8 Å². The molecule has 31 heavy (non-hydrogen) atoms. The lowest BCUT2D eigenvalue weighted by atomic mass is 10.3. The molecule has 10 heteroatoms. The number of amides is 1. The predicted molar refractivity (Wildman–Crippen MR) is 116 cm³/mol. The van der Waals surface area contributed by atoms with Crippen LogP contribution in [-0.2, 0) is 20.9 Å². The van der Waals surface area contributed by atoms with E-state index in [1.165, 1.54) is 17.9 Å². The molecule has 0 unspecified atom stereocenters. The third kappa shape index (κ3) is 5.98. The first-order valence-corrected chi connectivity index (χ1v) is 9.88. The van der Waals surface area contributed by atoms with E-state index in [1.807, 2.05) is 6.07 Å². The number of thiazole rings is 1. The maximum Gasteiger partial charge on any atom is 0.343 e. The number of nitrogens with one attached hydrogen (secondary N) is 2. The Kier molecular flexibility index (Phi) is 8.43. The van der Waals surface area contributed by atoms with Crippen LogP contribution in [0.3, 0.4) is 0 Å². The number of ether oxygens (including phenoxy) is 2. The van der Waals surface area contributed by atoms with Crippen LogP contribution >= 0.6 is 11.3 Å². The van der Waals surface area contributed by atoms with Crippen molar-refractivity contribution < 1.29 is 19.1 Å². The van der Waals surface area contributed by atoms with Gasteiger partial charge in [0.25, 0.3) is 11.5 Å². The number of aromatic nitrogens is 1. The van der Waals surface area contributed by atoms with E-state index in [9.17, 15) is 19.6 Å². The molecule has 0 bridgehead atoms. The number of hydrogen-bond acceptors (Lipinski definition) is 8. The molecular weight excluding hydrogens is 420 g/mol. The van der Waals surface area contributed by atoms with Gasteiger partial charge in [0.15, 0.2) is 12.2 Å². The molecule has 0 aliphatic rings. The molecule has 2 N–H and O–H groups in total. The molecule has 1 heterocycles. The van der Waals surface area contributed by atoms with Crippen LogP contribution in [0.2, 0.25) is 0 Å². The topological polar surface area (TPSA) is 122 Å². The SMILES string of the molecule is C#CCNC(=O)C(C#N)=c1sc(=CNc2cccc(OCC(=O)OC)c2)c(=O)n1CC. The van der Waals surface area contributed by atoms with Gasteiger partial charge in [0, 0.05) is 24.5 Å². The minimum atomic E-state index is -0.640. The fraction of sp³-hybridized carbons (Fsp3) is 0.238. The molecule has 2 aromatic rings. The number of esters is 1. The second-order valence-corrected chi connectivity index (χ2v) is 6.91. The zero-order chi connectivity index (χ0) is 22.8. The molecule has 2 rings (SSSR count). The van der Waals surface area contributed by atoms with E-state index in [2.05, 4.69) is 21.3 Å². The number of methoxy groups -OCH3 is 1. The molecule has 1 aromatic carbocycles. The van der Waals surface area contributed by atoms with E-state index in [-0.39, 0.29) is 35.5 Å². The lowest BCUT2D eigenvalue weighted by molar-refractivity contribution is -0.142. The average molecular weight is 440 g/mol. The second kappa shape index (κ2) is 11.2. The van der Waals surface area contributed by atoms with Crippen LogP contribution < -0.4 is 30.1 Å². The fourth-order valence-electron chi connectivity index (χ4n) is 2.43. The Labute approximate surface area is 182 Å². The Balaban J connectivity index is 2.39. The Morgan fingerprint density at radius 2 is 2.16 bits per heavy atom. The summed E-state index contributed by atoms with van der Waals surface area (Å²) in [5.41, 5.74) is 0.0821. The van der Waals surface area contributed by atoms with Crippen LogP contribution in [0, 0.1) is 23.7 Å². The van der Waals surface area contributed by atoms with Crippen LogP contribution in [0.5, 0.6) is 5.75 Å². The molecule has 1 amide bonds. The van der Waals surface area contributed by atoms with Gasteiger partial charge in [-0.1, -0.05) is 12.0 Å². The van der Waals surface area contributed by atoms with Gasteiger partial charge in [0.2, 0.25) is 0 Å². The lowest BCUT2D eigenvalue weighted by Gasteiger charge is -2.06. The largest absolute Gasteiger partial charge is 0.482 e. The quantitative estimate of drug-likeness (QED) is 0.429. The molecule has 9 nitrogen and oxygen atoms in total. The van der Waals surface area contributed by atoms with Crippen molar-refractivity contribution in [2.45, 2.75) is 13.5 Å². The Bertz CT molecular complexity index is 1230. The highest BCUT2D eigenvalue weighted by atomic mass is 32.1. The number of carbonyl (C=O) groups is 2. The van der Waals surface area contributed by atoms with Gasteiger partial charge >= 0.3 is 5.97 Å². The van der Waals surface area contributed by atoms with Crippen LogP contribution in [-0.4, -0.2) is 36.7 Å². The fourth-order valence-corrected chi connectivity index (χ4v) is 3.52. The van der Waals surface area contributed by atoms with E-state index in [0.717, 1.165) is 11.3 Å². The average Bonchev–Trinajstić information content (AvgIpc) is 3.10. The molecule has 0 aliphatic carbocycles. The normalized spacial score (nSPS) is 11.7. The maximum absolute atomic E-state index is 12.7. The van der Waals surface area contributed by atoms with E-state index >= 15 is 0 Å². The van der Waals surface area contributed by atoms with Crippen molar-refractivity contribution in [2.24, 2.45) is 0 Å². The van der Waals surface area contributed by atoms with Crippen molar-refractivity contribution in [3.8, 4) is 24.2 Å². The van der Waals surface area contributed by atoms with Gasteiger partial charge in [0.1, 0.15) is 21.0 Å². The van der Waals surface area contributed by atoms with Crippen molar-refractivity contribution >= 4 is 40.7 Å². The summed E-state index contributed by atoms with van der Waals surface area (Å²) in [4.78, 5) is 36.1. The molecule has 0 radical (unpaired) electrons. The summed E-state index contributed by atoms with van der Waals surface area (Å²) >= 11 is 1.01. The number of terminal acetylenes is 1. The molecule has 0 fully saturated rings. The number of hydrogen-bond donors (Lipinski definition) is 2. The third-order valence-corrected chi connectivity index (χ3v) is 5.05. The number of nitrogens with zero attached hydrogens (tertiary/aromatic N) is 2. The molecular formula is C21H20N4O5S. The van der Waals surface area contributed by atoms with E-state index in [4.69, 9.17) is 11.2 Å². The minimum Gasteiger partial charge on any atom is -0.482 e. The van der Waals surface area contributed by atoms with Gasteiger partial charge in [0.05, 0.1) is 13.7 Å². The molecule has 0 saturated carbocycles. The predicted octanol–water partition coefficient (Wildman–Crippen LogP) is -0.245. The summed E-state index contributed by atoms with van der Waals surface area (Å²) in [6.45, 7) is 1.77. The maximum atomic E-state index is 12.7. The van der Waals surface area contributed by atoms with Gasteiger partial charge in [-0.05, 0) is 19.1 Å². The summed E-state index contributed by atoms with van der Waals surface area (Å²) in [7, 11) is 1.27.